The molecule has 0 aromatic heterocycles. The lowest BCUT2D eigenvalue weighted by Crippen LogP contribution is -2.40. The summed E-state index contributed by atoms with van der Waals surface area (Å²) in [7, 11) is 0. The first kappa shape index (κ1) is 14.4. The predicted molar refractivity (Wildman–Crippen MR) is 69.1 cm³/mol. The lowest BCUT2D eigenvalue weighted by molar-refractivity contribution is -0.144. The Kier molecular flexibility index (Phi) is 5.82. The maximum Gasteiger partial charge on any atom is 0.306 e. The van der Waals surface area contributed by atoms with Gasteiger partial charge in [0.15, 0.2) is 0 Å². The van der Waals surface area contributed by atoms with E-state index >= 15 is 0 Å². The first-order chi connectivity index (χ1) is 8.04. The van der Waals surface area contributed by atoms with Crippen molar-refractivity contribution in [2.75, 3.05) is 12.0 Å². The second-order valence-corrected chi connectivity index (χ2v) is 5.67. The molecular formula is C12H21NO3S. The Bertz CT molecular complexity index is 283. The number of carboxylic acids is 1. The van der Waals surface area contributed by atoms with E-state index < -0.39 is 5.97 Å². The van der Waals surface area contributed by atoms with Gasteiger partial charge in [-0.1, -0.05) is 6.42 Å². The van der Waals surface area contributed by atoms with Crippen molar-refractivity contribution in [1.82, 2.24) is 5.32 Å². The number of nitrogens with one attached hydrogen (secondary N) is 1. The minimum atomic E-state index is -0.764. The summed E-state index contributed by atoms with van der Waals surface area (Å²) < 4.78 is 0. The molecular weight excluding hydrogens is 238 g/mol. The molecule has 1 aliphatic carbocycles. The lowest BCUT2D eigenvalue weighted by atomic mass is 9.81. The van der Waals surface area contributed by atoms with E-state index in [9.17, 15) is 9.59 Å². The maximum absolute atomic E-state index is 11.9. The molecule has 4 nitrogen and oxygen atoms in total. The summed E-state index contributed by atoms with van der Waals surface area (Å²) in [5.74, 6) is -0.303. The van der Waals surface area contributed by atoms with Crippen LogP contribution in [0.3, 0.4) is 0 Å². The van der Waals surface area contributed by atoms with Gasteiger partial charge in [0.05, 0.1) is 5.92 Å². The van der Waals surface area contributed by atoms with Gasteiger partial charge in [0.1, 0.15) is 0 Å². The Morgan fingerprint density at radius 1 is 1.41 bits per heavy atom. The maximum atomic E-state index is 11.9. The van der Waals surface area contributed by atoms with Gasteiger partial charge in [-0.05, 0) is 32.4 Å². The second-order valence-electron chi connectivity index (χ2n) is 4.76. The predicted octanol–water partition coefficient (Wildman–Crippen LogP) is 1.75. The lowest BCUT2D eigenvalue weighted by Gasteiger charge is -2.26. The van der Waals surface area contributed by atoms with Gasteiger partial charge < -0.3 is 10.4 Å². The molecule has 0 saturated heterocycles. The van der Waals surface area contributed by atoms with E-state index in [0.29, 0.717) is 12.8 Å². The van der Waals surface area contributed by atoms with E-state index in [1.165, 1.54) is 0 Å². The molecule has 2 N–H and O–H groups in total. The molecule has 1 aliphatic rings. The number of aliphatic carboxylic acids is 1. The Morgan fingerprint density at radius 3 is 2.65 bits per heavy atom. The van der Waals surface area contributed by atoms with Crippen LogP contribution in [0.1, 0.15) is 32.6 Å². The van der Waals surface area contributed by atoms with Crippen molar-refractivity contribution in [2.45, 2.75) is 38.6 Å². The minimum Gasteiger partial charge on any atom is -0.481 e. The second kappa shape index (κ2) is 6.89. The first-order valence-electron chi connectivity index (χ1n) is 6.06. The zero-order valence-corrected chi connectivity index (χ0v) is 11.3. The van der Waals surface area contributed by atoms with Crippen molar-refractivity contribution in [3.63, 3.8) is 0 Å². The van der Waals surface area contributed by atoms with Crippen LogP contribution >= 0.6 is 11.8 Å². The van der Waals surface area contributed by atoms with E-state index in [2.05, 4.69) is 5.32 Å². The van der Waals surface area contributed by atoms with E-state index in [1.807, 2.05) is 13.2 Å². The highest BCUT2D eigenvalue weighted by Gasteiger charge is 2.31. The Balaban J connectivity index is 2.43. The smallest absolute Gasteiger partial charge is 0.306 e. The molecule has 1 amide bonds. The normalized spacial score (nSPS) is 26.2. The third kappa shape index (κ3) is 4.58. The topological polar surface area (TPSA) is 66.4 Å². The molecule has 0 bridgehead atoms. The van der Waals surface area contributed by atoms with Gasteiger partial charge in [-0.2, -0.15) is 11.8 Å². The number of carboxylic acid groups (broad SMARTS) is 1. The average Bonchev–Trinajstić information content (AvgIpc) is 2.29. The van der Waals surface area contributed by atoms with Crippen LogP contribution in [0.15, 0.2) is 0 Å². The molecule has 3 atom stereocenters. The van der Waals surface area contributed by atoms with Crippen LogP contribution in [0, 0.1) is 11.8 Å². The number of hydrogen-bond donors (Lipinski definition) is 2. The fourth-order valence-corrected chi connectivity index (χ4v) is 2.89. The summed E-state index contributed by atoms with van der Waals surface area (Å²) in [5, 5.41) is 11.9. The quantitative estimate of drug-likeness (QED) is 0.789. The van der Waals surface area contributed by atoms with Crippen LogP contribution in [0.5, 0.6) is 0 Å². The van der Waals surface area contributed by atoms with Crippen molar-refractivity contribution in [3.8, 4) is 0 Å². The molecule has 0 aromatic rings. The van der Waals surface area contributed by atoms with Gasteiger partial charge in [-0.3, -0.25) is 9.59 Å². The summed E-state index contributed by atoms with van der Waals surface area (Å²) >= 11 is 1.69. The molecule has 1 saturated carbocycles. The molecule has 0 heterocycles. The zero-order chi connectivity index (χ0) is 12.8. The van der Waals surface area contributed by atoms with Crippen molar-refractivity contribution in [3.05, 3.63) is 0 Å². The molecule has 0 spiro atoms. The Labute approximate surface area is 107 Å². The van der Waals surface area contributed by atoms with E-state index in [-0.39, 0.29) is 23.8 Å². The molecule has 17 heavy (non-hydrogen) atoms. The van der Waals surface area contributed by atoms with Gasteiger partial charge in [0.2, 0.25) is 5.91 Å². The summed E-state index contributed by atoms with van der Waals surface area (Å²) in [6, 6.07) is 0.155. The third-order valence-corrected chi connectivity index (χ3v) is 4.03. The number of rotatable bonds is 5. The SMILES string of the molecule is CSCC(C)NC(=O)C1CCCC(C(=O)O)C1. The number of carbonyl (C=O) groups is 2. The average molecular weight is 259 g/mol. The summed E-state index contributed by atoms with van der Waals surface area (Å²) in [6.07, 6.45) is 4.87. The van der Waals surface area contributed by atoms with Crippen LogP contribution in [0.25, 0.3) is 0 Å². The minimum absolute atomic E-state index is 0.0255. The third-order valence-electron chi connectivity index (χ3n) is 3.20. The Morgan fingerprint density at radius 2 is 2.06 bits per heavy atom. The van der Waals surface area contributed by atoms with Gasteiger partial charge >= 0.3 is 5.97 Å². The van der Waals surface area contributed by atoms with Gasteiger partial charge in [-0.25, -0.2) is 0 Å². The van der Waals surface area contributed by atoms with Gasteiger partial charge in [0.25, 0.3) is 0 Å². The van der Waals surface area contributed by atoms with Gasteiger partial charge in [-0.15, -0.1) is 0 Å². The standard InChI is InChI=1S/C12H21NO3S/c1-8(7-17-2)13-11(14)9-4-3-5-10(6-9)12(15)16/h8-10H,3-7H2,1-2H3,(H,13,14)(H,15,16). The molecule has 1 rings (SSSR count). The monoisotopic (exact) mass is 259 g/mol. The molecule has 1 fully saturated rings. The van der Waals surface area contributed by atoms with Gasteiger partial charge in [0, 0.05) is 17.7 Å². The highest BCUT2D eigenvalue weighted by atomic mass is 32.2. The number of amides is 1. The van der Waals surface area contributed by atoms with Crippen LogP contribution in [0.4, 0.5) is 0 Å². The largest absolute Gasteiger partial charge is 0.481 e. The van der Waals surface area contributed by atoms with E-state index in [1.54, 1.807) is 11.8 Å². The molecule has 5 heteroatoms. The molecule has 0 aromatic carbocycles. The number of hydrogen-bond acceptors (Lipinski definition) is 3. The van der Waals surface area contributed by atoms with E-state index in [0.717, 1.165) is 18.6 Å². The van der Waals surface area contributed by atoms with Crippen molar-refractivity contribution in [1.29, 1.82) is 0 Å². The summed E-state index contributed by atoms with van der Waals surface area (Å²) in [5.41, 5.74) is 0. The molecule has 98 valence electrons. The number of carbonyl (C=O) groups excluding carboxylic acids is 1. The van der Waals surface area contributed by atoms with E-state index in [4.69, 9.17) is 5.11 Å². The summed E-state index contributed by atoms with van der Waals surface area (Å²) in [6.45, 7) is 1.98. The highest BCUT2D eigenvalue weighted by molar-refractivity contribution is 7.98. The van der Waals surface area contributed by atoms with Crippen LogP contribution in [-0.2, 0) is 9.59 Å². The zero-order valence-electron chi connectivity index (χ0n) is 10.4. The molecule has 0 aliphatic heterocycles. The fraction of sp³-hybridized carbons (Fsp3) is 0.833. The van der Waals surface area contributed by atoms with Crippen LogP contribution in [-0.4, -0.2) is 35.0 Å². The number of thioether (sulfide) groups is 1. The van der Waals surface area contributed by atoms with Crippen LogP contribution in [0.2, 0.25) is 0 Å². The molecule has 3 unspecified atom stereocenters. The van der Waals surface area contributed by atoms with Crippen molar-refractivity contribution in [2.24, 2.45) is 11.8 Å². The van der Waals surface area contributed by atoms with Crippen molar-refractivity contribution >= 4 is 23.6 Å². The fourth-order valence-electron chi connectivity index (χ4n) is 2.30. The first-order valence-corrected chi connectivity index (χ1v) is 7.46. The van der Waals surface area contributed by atoms with Crippen molar-refractivity contribution < 1.29 is 14.7 Å². The Hall–Kier alpha value is -0.710. The molecule has 0 radical (unpaired) electrons. The summed E-state index contributed by atoms with van der Waals surface area (Å²) in [4.78, 5) is 22.9. The van der Waals surface area contributed by atoms with Crippen LogP contribution < -0.4 is 5.32 Å². The highest BCUT2D eigenvalue weighted by Crippen LogP contribution is 2.29.